The lowest BCUT2D eigenvalue weighted by Crippen LogP contribution is -2.14. The molecule has 2 heterocycles. The van der Waals surface area contributed by atoms with Crippen molar-refractivity contribution in [3.8, 4) is 0 Å². The number of hydrogen-bond donors (Lipinski definition) is 1. The molecule has 1 N–H and O–H groups in total. The summed E-state index contributed by atoms with van der Waals surface area (Å²) in [6.45, 7) is -0.699. The Bertz CT molecular complexity index is 883. The molecule has 0 saturated carbocycles. The van der Waals surface area contributed by atoms with E-state index in [-0.39, 0.29) is 17.3 Å². The van der Waals surface area contributed by atoms with Gasteiger partial charge in [0.15, 0.2) is 5.16 Å². The summed E-state index contributed by atoms with van der Waals surface area (Å²) < 4.78 is 14.5. The zero-order valence-corrected chi connectivity index (χ0v) is 14.3. The van der Waals surface area contributed by atoms with Crippen molar-refractivity contribution in [2.45, 2.75) is 17.6 Å². The minimum atomic E-state index is -0.699. The molecule has 3 rings (SSSR count). The number of alkyl halides is 1. The van der Waals surface area contributed by atoms with Gasteiger partial charge in [-0.25, -0.2) is 9.37 Å². The van der Waals surface area contributed by atoms with E-state index in [1.165, 1.54) is 0 Å². The predicted molar refractivity (Wildman–Crippen MR) is 94.0 cm³/mol. The van der Waals surface area contributed by atoms with Crippen LogP contribution in [0.5, 0.6) is 0 Å². The first-order valence-electron chi connectivity index (χ1n) is 7.54. The van der Waals surface area contributed by atoms with Gasteiger partial charge in [0.05, 0.1) is 5.69 Å². The topological polar surface area (TPSA) is 72.7 Å². The molecule has 1 aromatic carbocycles. The van der Waals surface area contributed by atoms with E-state index in [1.54, 1.807) is 42.4 Å². The second-order valence-corrected chi connectivity index (χ2v) is 6.26. The van der Waals surface area contributed by atoms with Crippen molar-refractivity contribution in [1.29, 1.82) is 0 Å². The fourth-order valence-corrected chi connectivity index (χ4v) is 3.00. The molecule has 128 valence electrons. The molecule has 2 aromatic heterocycles. The Hall–Kier alpha value is -2.74. The highest BCUT2D eigenvalue weighted by atomic mass is 32.2. The minimum Gasteiger partial charge on any atom is -0.321 e. The lowest BCUT2D eigenvalue weighted by Gasteiger charge is -2.07. The number of anilines is 1. The van der Waals surface area contributed by atoms with Gasteiger partial charge in [-0.3, -0.25) is 4.79 Å². The van der Waals surface area contributed by atoms with E-state index in [0.29, 0.717) is 11.4 Å². The van der Waals surface area contributed by atoms with Gasteiger partial charge in [0.25, 0.3) is 5.91 Å². The third-order valence-electron chi connectivity index (χ3n) is 3.40. The number of carbonyl (C=O) groups excluding carboxylic acids is 1. The molecule has 0 spiro atoms. The van der Waals surface area contributed by atoms with Crippen LogP contribution in [-0.2, 0) is 19.5 Å². The van der Waals surface area contributed by atoms with Crippen molar-refractivity contribution in [3.05, 3.63) is 65.7 Å². The third-order valence-corrected chi connectivity index (χ3v) is 4.50. The number of benzene rings is 1. The number of hydrogen-bond acceptors (Lipinski definition) is 5. The molecular weight excluding hydrogens is 341 g/mol. The number of nitrogens with one attached hydrogen (secondary N) is 1. The maximum Gasteiger partial charge on any atom is 0.274 e. The summed E-state index contributed by atoms with van der Waals surface area (Å²) in [5.74, 6) is 0.333. The van der Waals surface area contributed by atoms with Crippen LogP contribution in [0.25, 0.3) is 0 Å². The average molecular weight is 357 g/mol. The van der Waals surface area contributed by atoms with Gasteiger partial charge >= 0.3 is 0 Å². The molecule has 25 heavy (non-hydrogen) atoms. The van der Waals surface area contributed by atoms with Crippen LogP contribution < -0.4 is 5.32 Å². The maximum absolute atomic E-state index is 12.7. The Balaban J connectivity index is 1.66. The molecule has 0 aliphatic heterocycles. The number of pyridine rings is 1. The second kappa shape index (κ2) is 7.89. The van der Waals surface area contributed by atoms with Crippen LogP contribution >= 0.6 is 11.8 Å². The van der Waals surface area contributed by atoms with Crippen LogP contribution in [0.2, 0.25) is 0 Å². The van der Waals surface area contributed by atoms with Gasteiger partial charge < -0.3 is 9.88 Å². The Labute approximate surface area is 148 Å². The SMILES string of the molecule is Cn1cnnc1SCc1cccc(NC(=O)c2cccc(CF)n2)c1. The smallest absolute Gasteiger partial charge is 0.274 e. The zero-order valence-electron chi connectivity index (χ0n) is 13.5. The van der Waals surface area contributed by atoms with Crippen LogP contribution in [0.1, 0.15) is 21.7 Å². The number of carbonyl (C=O) groups is 1. The van der Waals surface area contributed by atoms with Crippen LogP contribution in [0.4, 0.5) is 10.1 Å². The van der Waals surface area contributed by atoms with E-state index < -0.39 is 6.67 Å². The summed E-state index contributed by atoms with van der Waals surface area (Å²) in [6.07, 6.45) is 1.65. The molecule has 8 heteroatoms. The highest BCUT2D eigenvalue weighted by Gasteiger charge is 2.09. The summed E-state index contributed by atoms with van der Waals surface area (Å²) >= 11 is 1.56. The fraction of sp³-hybridized carbons (Fsp3) is 0.176. The molecular formula is C17H16FN5OS. The van der Waals surface area contributed by atoms with Gasteiger partial charge in [-0.05, 0) is 29.8 Å². The van der Waals surface area contributed by atoms with Crippen molar-refractivity contribution in [1.82, 2.24) is 19.7 Å². The summed E-state index contributed by atoms with van der Waals surface area (Å²) in [4.78, 5) is 16.2. The normalized spacial score (nSPS) is 10.6. The van der Waals surface area contributed by atoms with Crippen molar-refractivity contribution in [2.75, 3.05) is 5.32 Å². The first-order chi connectivity index (χ1) is 12.2. The number of nitrogens with zero attached hydrogens (tertiary/aromatic N) is 4. The van der Waals surface area contributed by atoms with E-state index in [2.05, 4.69) is 20.5 Å². The molecule has 0 fully saturated rings. The van der Waals surface area contributed by atoms with Gasteiger partial charge in [-0.15, -0.1) is 10.2 Å². The first kappa shape index (κ1) is 17.1. The lowest BCUT2D eigenvalue weighted by atomic mass is 10.2. The molecule has 0 aliphatic rings. The monoisotopic (exact) mass is 357 g/mol. The summed E-state index contributed by atoms with van der Waals surface area (Å²) in [5.41, 5.74) is 2.13. The van der Waals surface area contributed by atoms with E-state index in [4.69, 9.17) is 0 Å². The molecule has 3 aromatic rings. The number of halogens is 1. The van der Waals surface area contributed by atoms with Crippen molar-refractivity contribution in [2.24, 2.45) is 7.05 Å². The van der Waals surface area contributed by atoms with E-state index in [9.17, 15) is 9.18 Å². The summed E-state index contributed by atoms with van der Waals surface area (Å²) in [6, 6.07) is 12.2. The summed E-state index contributed by atoms with van der Waals surface area (Å²) in [7, 11) is 1.89. The minimum absolute atomic E-state index is 0.189. The summed E-state index contributed by atoms with van der Waals surface area (Å²) in [5, 5.41) is 11.5. The molecule has 0 unspecified atom stereocenters. The lowest BCUT2D eigenvalue weighted by molar-refractivity contribution is 0.102. The fourth-order valence-electron chi connectivity index (χ4n) is 2.17. The van der Waals surface area contributed by atoms with Crippen molar-refractivity contribution < 1.29 is 9.18 Å². The largest absolute Gasteiger partial charge is 0.321 e. The molecule has 1 amide bonds. The average Bonchev–Trinajstić information content (AvgIpc) is 3.05. The second-order valence-electron chi connectivity index (χ2n) is 5.32. The highest BCUT2D eigenvalue weighted by Crippen LogP contribution is 2.22. The van der Waals surface area contributed by atoms with Crippen molar-refractivity contribution in [3.63, 3.8) is 0 Å². The number of thioether (sulfide) groups is 1. The van der Waals surface area contributed by atoms with E-state index >= 15 is 0 Å². The Kier molecular flexibility index (Phi) is 5.39. The van der Waals surface area contributed by atoms with Crippen molar-refractivity contribution >= 4 is 23.4 Å². The number of aryl methyl sites for hydroxylation is 1. The quantitative estimate of drug-likeness (QED) is 0.686. The molecule has 0 atom stereocenters. The predicted octanol–water partition coefficient (Wildman–Crippen LogP) is 3.22. The van der Waals surface area contributed by atoms with E-state index in [1.807, 2.05) is 29.8 Å². The molecule has 0 saturated heterocycles. The van der Waals surface area contributed by atoms with Gasteiger partial charge in [0.1, 0.15) is 18.7 Å². The van der Waals surface area contributed by atoms with Crippen LogP contribution in [0.3, 0.4) is 0 Å². The molecule has 0 radical (unpaired) electrons. The number of rotatable bonds is 6. The Morgan fingerprint density at radius 2 is 2.12 bits per heavy atom. The number of amides is 1. The first-order valence-corrected chi connectivity index (χ1v) is 8.53. The highest BCUT2D eigenvalue weighted by molar-refractivity contribution is 7.98. The van der Waals surface area contributed by atoms with Crippen LogP contribution in [0, 0.1) is 0 Å². The zero-order chi connectivity index (χ0) is 17.6. The Morgan fingerprint density at radius 3 is 2.88 bits per heavy atom. The maximum atomic E-state index is 12.7. The molecule has 0 bridgehead atoms. The van der Waals surface area contributed by atoms with Crippen LogP contribution in [0.15, 0.2) is 53.9 Å². The standard InChI is InChI=1S/C17H16FN5OS/c1-23-11-19-22-17(23)25-10-12-4-2-5-13(8-12)21-16(24)15-7-3-6-14(9-18)20-15/h2-8,11H,9-10H2,1H3,(H,21,24). The van der Waals surface area contributed by atoms with Crippen LogP contribution in [-0.4, -0.2) is 25.7 Å². The molecule has 6 nitrogen and oxygen atoms in total. The Morgan fingerprint density at radius 1 is 1.28 bits per heavy atom. The van der Waals surface area contributed by atoms with E-state index in [0.717, 1.165) is 10.7 Å². The van der Waals surface area contributed by atoms with Gasteiger partial charge in [-0.1, -0.05) is 30.0 Å². The number of aromatic nitrogens is 4. The van der Waals surface area contributed by atoms with Gasteiger partial charge in [0, 0.05) is 18.5 Å². The molecule has 0 aliphatic carbocycles. The van der Waals surface area contributed by atoms with Gasteiger partial charge in [-0.2, -0.15) is 0 Å². The third kappa shape index (κ3) is 4.42. The van der Waals surface area contributed by atoms with Gasteiger partial charge in [0.2, 0.25) is 0 Å².